The van der Waals surface area contributed by atoms with Crippen molar-refractivity contribution in [2.24, 2.45) is 0 Å². The number of aryl methyl sites for hydroxylation is 2. The molecule has 8 nitrogen and oxygen atoms in total. The number of carboxylic acid groups (broad SMARTS) is 1. The van der Waals surface area contributed by atoms with Gasteiger partial charge in [0.25, 0.3) is 0 Å². The first kappa shape index (κ1) is 24.8. The van der Waals surface area contributed by atoms with E-state index in [1.165, 1.54) is 0 Å². The van der Waals surface area contributed by atoms with Gasteiger partial charge in [0.15, 0.2) is 5.82 Å². The Morgan fingerprint density at radius 1 is 0.850 bits per heavy atom. The Balaban J connectivity index is 1.42. The molecule has 0 aliphatic heterocycles. The van der Waals surface area contributed by atoms with E-state index in [2.05, 4.69) is 25.9 Å². The van der Waals surface area contributed by atoms with Gasteiger partial charge >= 0.3 is 5.97 Å². The highest BCUT2D eigenvalue weighted by Gasteiger charge is 2.20. The molecule has 0 aliphatic carbocycles. The van der Waals surface area contributed by atoms with Crippen molar-refractivity contribution in [3.8, 4) is 22.8 Å². The molecule has 0 radical (unpaired) electrons. The summed E-state index contributed by atoms with van der Waals surface area (Å²) >= 11 is 0. The van der Waals surface area contributed by atoms with Crippen molar-refractivity contribution in [3.05, 3.63) is 120 Å². The largest absolute Gasteiger partial charge is 0.478 e. The molecule has 2 N–H and O–H groups in total. The molecule has 6 rings (SSSR count). The highest BCUT2D eigenvalue weighted by Crippen LogP contribution is 2.39. The lowest BCUT2D eigenvalue weighted by atomic mass is 10.1. The lowest BCUT2D eigenvalue weighted by Crippen LogP contribution is -2.12. The molecule has 0 aliphatic rings. The first-order valence-electron chi connectivity index (χ1n) is 12.7. The van der Waals surface area contributed by atoms with Crippen LogP contribution < -0.4 is 9.64 Å². The second-order valence-electron chi connectivity index (χ2n) is 9.38. The van der Waals surface area contributed by atoms with Crippen LogP contribution in [0.15, 0.2) is 104 Å². The van der Waals surface area contributed by atoms with Crippen molar-refractivity contribution in [1.82, 2.24) is 19.9 Å². The summed E-state index contributed by atoms with van der Waals surface area (Å²) < 4.78 is 6.11. The van der Waals surface area contributed by atoms with Gasteiger partial charge in [0.1, 0.15) is 23.3 Å². The van der Waals surface area contributed by atoms with Crippen LogP contribution in [-0.2, 0) is 0 Å². The molecule has 0 saturated heterocycles. The van der Waals surface area contributed by atoms with Crippen LogP contribution >= 0.6 is 0 Å². The molecule has 3 aromatic heterocycles. The molecule has 0 saturated carbocycles. The average molecular weight is 528 g/mol. The summed E-state index contributed by atoms with van der Waals surface area (Å²) in [6.07, 6.45) is 3.27. The first-order chi connectivity index (χ1) is 19.5. The van der Waals surface area contributed by atoms with Gasteiger partial charge in [-0.2, -0.15) is 0 Å². The zero-order chi connectivity index (χ0) is 27.6. The molecule has 8 heteroatoms. The van der Waals surface area contributed by atoms with Gasteiger partial charge in [-0.05, 0) is 85.6 Å². The maximum atomic E-state index is 11.3. The van der Waals surface area contributed by atoms with Crippen LogP contribution in [-0.4, -0.2) is 31.0 Å². The molecule has 0 amide bonds. The number of rotatable bonds is 7. The van der Waals surface area contributed by atoms with Crippen LogP contribution in [0.2, 0.25) is 0 Å². The fraction of sp³-hybridized carbons (Fsp3) is 0.0625. The Labute approximate surface area is 230 Å². The summed E-state index contributed by atoms with van der Waals surface area (Å²) in [6.45, 7) is 3.95. The maximum absolute atomic E-state index is 11.3. The third-order valence-electron chi connectivity index (χ3n) is 6.60. The van der Waals surface area contributed by atoms with E-state index in [1.54, 1.807) is 36.8 Å². The van der Waals surface area contributed by atoms with Crippen LogP contribution in [0.4, 0.5) is 17.2 Å². The van der Waals surface area contributed by atoms with E-state index in [1.807, 2.05) is 74.5 Å². The smallest absolute Gasteiger partial charge is 0.335 e. The number of benzene rings is 3. The minimum Gasteiger partial charge on any atom is -0.478 e. The van der Waals surface area contributed by atoms with E-state index in [-0.39, 0.29) is 5.56 Å². The predicted molar refractivity (Wildman–Crippen MR) is 155 cm³/mol. The lowest BCUT2D eigenvalue weighted by Gasteiger charge is -2.25. The van der Waals surface area contributed by atoms with Crippen LogP contribution in [0.3, 0.4) is 0 Å². The van der Waals surface area contributed by atoms with E-state index >= 15 is 0 Å². The Hall–Kier alpha value is -5.50. The molecule has 0 atom stereocenters. The topological polar surface area (TPSA) is 104 Å². The number of hydrogen-bond donors (Lipinski definition) is 2. The number of carboxylic acids is 1. The number of nitrogens with zero attached hydrogens (tertiary/aromatic N) is 4. The van der Waals surface area contributed by atoms with E-state index in [0.717, 1.165) is 50.7 Å². The number of para-hydroxylation sites is 1. The molecule has 196 valence electrons. The normalized spacial score (nSPS) is 10.9. The number of aromatic nitrogens is 4. The van der Waals surface area contributed by atoms with Gasteiger partial charge in [-0.15, -0.1) is 0 Å². The zero-order valence-corrected chi connectivity index (χ0v) is 21.9. The minimum atomic E-state index is -0.961. The molecule has 6 aromatic rings. The number of fused-ring (bicyclic) bond motifs is 1. The number of aromatic amines is 1. The summed E-state index contributed by atoms with van der Waals surface area (Å²) in [5.41, 5.74) is 7.11. The van der Waals surface area contributed by atoms with Gasteiger partial charge in [0.2, 0.25) is 0 Å². The van der Waals surface area contributed by atoms with Crippen LogP contribution in [0.5, 0.6) is 11.5 Å². The number of ether oxygens (including phenoxy) is 1. The Morgan fingerprint density at radius 2 is 1.65 bits per heavy atom. The van der Waals surface area contributed by atoms with Crippen molar-refractivity contribution in [2.45, 2.75) is 13.8 Å². The fourth-order valence-electron chi connectivity index (χ4n) is 4.54. The number of pyridine rings is 1. The van der Waals surface area contributed by atoms with Crippen LogP contribution in [0, 0.1) is 13.8 Å². The molecule has 3 heterocycles. The third kappa shape index (κ3) is 4.86. The minimum absolute atomic E-state index is 0.233. The molecule has 40 heavy (non-hydrogen) atoms. The van der Waals surface area contributed by atoms with Crippen LogP contribution in [0.1, 0.15) is 21.6 Å². The molecule has 3 aromatic carbocycles. The van der Waals surface area contributed by atoms with Gasteiger partial charge in [-0.1, -0.05) is 30.3 Å². The first-order valence-corrected chi connectivity index (χ1v) is 12.7. The fourth-order valence-corrected chi connectivity index (χ4v) is 4.54. The summed E-state index contributed by atoms with van der Waals surface area (Å²) in [5.74, 6) is 1.13. The third-order valence-corrected chi connectivity index (χ3v) is 6.60. The Kier molecular flexibility index (Phi) is 6.41. The highest BCUT2D eigenvalue weighted by molar-refractivity contribution is 5.95. The number of anilines is 3. The standard InChI is InChI=1S/C32H25N5O3/c1-20-16-25(13-15-29(20)40-26-14-8-21(2)33-18-26)37(24-6-4-3-5-7-24)31-30-28(34-19-35-31)17-27(36-30)22-9-11-23(12-10-22)32(38)39/h3-19,36H,1-2H3,(H,38,39). The van der Waals surface area contributed by atoms with Gasteiger partial charge in [-0.3, -0.25) is 9.88 Å². The summed E-state index contributed by atoms with van der Waals surface area (Å²) in [7, 11) is 0. The molecular formula is C32H25N5O3. The number of hydrogen-bond acceptors (Lipinski definition) is 6. The van der Waals surface area contributed by atoms with Crippen molar-refractivity contribution >= 4 is 34.2 Å². The zero-order valence-electron chi connectivity index (χ0n) is 21.9. The van der Waals surface area contributed by atoms with Crippen molar-refractivity contribution < 1.29 is 14.6 Å². The second-order valence-corrected chi connectivity index (χ2v) is 9.38. The van der Waals surface area contributed by atoms with E-state index in [9.17, 15) is 9.90 Å². The molecule has 0 spiro atoms. The number of nitrogens with one attached hydrogen (secondary N) is 1. The SMILES string of the molecule is Cc1ccc(Oc2ccc(N(c3ccccc3)c3ncnc4cc(-c5ccc(C(=O)O)cc5)[nH]c34)cc2C)cn1. The number of carbonyl (C=O) groups is 1. The molecule has 0 fully saturated rings. The molecule has 0 bridgehead atoms. The quantitative estimate of drug-likeness (QED) is 0.220. The highest BCUT2D eigenvalue weighted by atomic mass is 16.5. The number of aromatic carboxylic acids is 1. The van der Waals surface area contributed by atoms with Crippen LogP contribution in [0.25, 0.3) is 22.3 Å². The van der Waals surface area contributed by atoms with Crippen molar-refractivity contribution in [3.63, 3.8) is 0 Å². The monoisotopic (exact) mass is 527 g/mol. The Bertz CT molecular complexity index is 1810. The summed E-state index contributed by atoms with van der Waals surface area (Å²) in [4.78, 5) is 30.3. The number of H-pyrrole nitrogens is 1. The summed E-state index contributed by atoms with van der Waals surface area (Å²) in [6, 6.07) is 28.5. The van der Waals surface area contributed by atoms with Gasteiger partial charge < -0.3 is 14.8 Å². The maximum Gasteiger partial charge on any atom is 0.335 e. The van der Waals surface area contributed by atoms with E-state index < -0.39 is 5.97 Å². The van der Waals surface area contributed by atoms with Crippen molar-refractivity contribution in [2.75, 3.05) is 4.90 Å². The summed E-state index contributed by atoms with van der Waals surface area (Å²) in [5, 5.41) is 9.25. The Morgan fingerprint density at radius 3 is 2.35 bits per heavy atom. The lowest BCUT2D eigenvalue weighted by molar-refractivity contribution is 0.0697. The molecular weight excluding hydrogens is 502 g/mol. The van der Waals surface area contributed by atoms with E-state index in [0.29, 0.717) is 11.6 Å². The average Bonchev–Trinajstić information content (AvgIpc) is 3.42. The molecule has 0 unspecified atom stereocenters. The second kappa shape index (κ2) is 10.3. The predicted octanol–water partition coefficient (Wildman–Crippen LogP) is 7.60. The van der Waals surface area contributed by atoms with Gasteiger partial charge in [-0.25, -0.2) is 14.8 Å². The van der Waals surface area contributed by atoms with Crippen molar-refractivity contribution in [1.29, 1.82) is 0 Å². The van der Waals surface area contributed by atoms with E-state index in [4.69, 9.17) is 9.72 Å². The van der Waals surface area contributed by atoms with Gasteiger partial charge in [0.05, 0.1) is 17.3 Å². The van der Waals surface area contributed by atoms with Gasteiger partial charge in [0, 0.05) is 22.8 Å².